The van der Waals surface area contributed by atoms with Crippen molar-refractivity contribution >= 4 is 10.8 Å². The number of aryl methyl sites for hydroxylation is 4. The summed E-state index contributed by atoms with van der Waals surface area (Å²) in [5.41, 5.74) is 6.54. The van der Waals surface area contributed by atoms with E-state index >= 15 is 4.39 Å². The Morgan fingerprint density at radius 1 is 0.647 bits per heavy atom. The van der Waals surface area contributed by atoms with E-state index in [-0.39, 0.29) is 5.82 Å². The first kappa shape index (κ1) is 23.8. The van der Waals surface area contributed by atoms with Gasteiger partial charge in [0.25, 0.3) is 0 Å². The number of hydrogen-bond acceptors (Lipinski definition) is 0. The van der Waals surface area contributed by atoms with E-state index in [4.69, 9.17) is 0 Å². The lowest BCUT2D eigenvalue weighted by molar-refractivity contribution is 0.636. The predicted molar refractivity (Wildman–Crippen MR) is 143 cm³/mol. The zero-order valence-electron chi connectivity index (χ0n) is 20.3. The number of hydrogen-bond donors (Lipinski definition) is 0. The largest absolute Gasteiger partial charge is 0.205 e. The highest BCUT2D eigenvalue weighted by Crippen LogP contribution is 2.23. The van der Waals surface area contributed by atoms with Gasteiger partial charge in [-0.3, -0.25) is 0 Å². The molecule has 0 aliphatic rings. The van der Waals surface area contributed by atoms with Crippen molar-refractivity contribution in [2.75, 3.05) is 0 Å². The summed E-state index contributed by atoms with van der Waals surface area (Å²) in [4.78, 5) is 0. The number of rotatable bonds is 8. The summed E-state index contributed by atoms with van der Waals surface area (Å²) in [6, 6.07) is 26.9. The Morgan fingerprint density at radius 2 is 1.32 bits per heavy atom. The van der Waals surface area contributed by atoms with Crippen LogP contribution in [-0.4, -0.2) is 0 Å². The molecule has 0 bridgehead atoms. The lowest BCUT2D eigenvalue weighted by Crippen LogP contribution is -1.93. The standard InChI is InChI=1S/C33H33F/c1-3-4-5-6-7-26-12-14-28(15-13-26)18-20-30-21-22-31-24-29(19-23-32(31)33(30)34)17-16-27-10-8-25(2)9-11-27/h8-15,19,21-24H,3-7,16-17H2,1-2H3. The molecule has 0 fully saturated rings. The molecule has 0 heterocycles. The van der Waals surface area contributed by atoms with Crippen LogP contribution in [0.5, 0.6) is 0 Å². The van der Waals surface area contributed by atoms with Crippen LogP contribution in [0.3, 0.4) is 0 Å². The van der Waals surface area contributed by atoms with E-state index in [0.717, 1.165) is 30.2 Å². The zero-order valence-corrected chi connectivity index (χ0v) is 20.3. The third kappa shape index (κ3) is 6.36. The summed E-state index contributed by atoms with van der Waals surface area (Å²) < 4.78 is 15.2. The first-order valence-corrected chi connectivity index (χ1v) is 12.5. The Labute approximate surface area is 203 Å². The molecule has 0 N–H and O–H groups in total. The van der Waals surface area contributed by atoms with Gasteiger partial charge in [0.1, 0.15) is 5.82 Å². The second-order valence-corrected chi connectivity index (χ2v) is 9.23. The summed E-state index contributed by atoms with van der Waals surface area (Å²) in [5.74, 6) is 5.94. The quantitative estimate of drug-likeness (QED) is 0.187. The van der Waals surface area contributed by atoms with Gasteiger partial charge in [-0.1, -0.05) is 104 Å². The molecule has 4 aromatic carbocycles. The summed E-state index contributed by atoms with van der Waals surface area (Å²) >= 11 is 0. The topological polar surface area (TPSA) is 0 Å². The third-order valence-corrected chi connectivity index (χ3v) is 6.46. The molecule has 172 valence electrons. The summed E-state index contributed by atoms with van der Waals surface area (Å²) in [6.45, 7) is 4.34. The van der Waals surface area contributed by atoms with Crippen molar-refractivity contribution in [3.05, 3.63) is 118 Å². The molecule has 0 spiro atoms. The van der Waals surface area contributed by atoms with Gasteiger partial charge in [-0.25, -0.2) is 4.39 Å². The van der Waals surface area contributed by atoms with Crippen LogP contribution in [0.15, 0.2) is 78.9 Å². The number of unbranched alkanes of at least 4 members (excludes halogenated alkanes) is 3. The molecule has 0 saturated carbocycles. The normalized spacial score (nSPS) is 10.8. The molecule has 0 unspecified atom stereocenters. The smallest absolute Gasteiger partial charge is 0.146 e. The minimum atomic E-state index is -0.234. The fraction of sp³-hybridized carbons (Fsp3) is 0.273. The fourth-order valence-corrected chi connectivity index (χ4v) is 4.29. The van der Waals surface area contributed by atoms with Crippen LogP contribution >= 0.6 is 0 Å². The first-order valence-electron chi connectivity index (χ1n) is 12.5. The Morgan fingerprint density at radius 3 is 2.09 bits per heavy atom. The average Bonchev–Trinajstić information content (AvgIpc) is 2.86. The van der Waals surface area contributed by atoms with E-state index in [1.54, 1.807) is 6.07 Å². The Kier molecular flexibility index (Phi) is 8.16. The Bertz CT molecular complexity index is 1280. The minimum Gasteiger partial charge on any atom is -0.205 e. The lowest BCUT2D eigenvalue weighted by Gasteiger charge is -2.07. The molecule has 0 aliphatic carbocycles. The zero-order chi connectivity index (χ0) is 23.8. The van der Waals surface area contributed by atoms with Gasteiger partial charge in [-0.15, -0.1) is 0 Å². The minimum absolute atomic E-state index is 0.234. The Hall–Kier alpha value is -3.37. The second kappa shape index (κ2) is 11.7. The predicted octanol–water partition coefficient (Wildman–Crippen LogP) is 8.60. The molecule has 34 heavy (non-hydrogen) atoms. The van der Waals surface area contributed by atoms with Crippen molar-refractivity contribution in [2.45, 2.75) is 58.8 Å². The summed E-state index contributed by atoms with van der Waals surface area (Å²) in [7, 11) is 0. The number of benzene rings is 4. The van der Waals surface area contributed by atoms with Crippen molar-refractivity contribution in [3.8, 4) is 11.8 Å². The maximum Gasteiger partial charge on any atom is 0.146 e. The molecule has 0 amide bonds. The van der Waals surface area contributed by atoms with Crippen molar-refractivity contribution in [1.29, 1.82) is 0 Å². The Balaban J connectivity index is 1.43. The van der Waals surface area contributed by atoms with Crippen LogP contribution in [0.1, 0.15) is 66.0 Å². The van der Waals surface area contributed by atoms with Crippen LogP contribution in [0.2, 0.25) is 0 Å². The van der Waals surface area contributed by atoms with Gasteiger partial charge < -0.3 is 0 Å². The molecule has 0 aliphatic heterocycles. The SMILES string of the molecule is CCCCCCc1ccc(C#Cc2ccc3cc(CCc4ccc(C)cc4)ccc3c2F)cc1. The number of fused-ring (bicyclic) bond motifs is 1. The van der Waals surface area contributed by atoms with Crippen LogP contribution < -0.4 is 0 Å². The highest BCUT2D eigenvalue weighted by Gasteiger charge is 2.07. The molecular formula is C33H33F. The van der Waals surface area contributed by atoms with Gasteiger partial charge in [0.05, 0.1) is 5.56 Å². The van der Waals surface area contributed by atoms with Gasteiger partial charge in [0.15, 0.2) is 0 Å². The van der Waals surface area contributed by atoms with E-state index in [0.29, 0.717) is 10.9 Å². The average molecular weight is 449 g/mol. The third-order valence-electron chi connectivity index (χ3n) is 6.46. The highest BCUT2D eigenvalue weighted by molar-refractivity contribution is 5.85. The molecule has 0 aromatic heterocycles. The monoisotopic (exact) mass is 448 g/mol. The molecular weight excluding hydrogens is 415 g/mol. The summed E-state index contributed by atoms with van der Waals surface area (Å²) in [5, 5.41) is 1.56. The van der Waals surface area contributed by atoms with Crippen molar-refractivity contribution in [3.63, 3.8) is 0 Å². The molecule has 0 radical (unpaired) electrons. The molecule has 0 atom stereocenters. The van der Waals surface area contributed by atoms with Gasteiger partial charge in [0.2, 0.25) is 0 Å². The molecule has 0 saturated heterocycles. The highest BCUT2D eigenvalue weighted by atomic mass is 19.1. The van der Waals surface area contributed by atoms with Crippen LogP contribution in [-0.2, 0) is 19.3 Å². The van der Waals surface area contributed by atoms with E-state index in [1.807, 2.05) is 30.3 Å². The maximum absolute atomic E-state index is 15.2. The van der Waals surface area contributed by atoms with Gasteiger partial charge in [-0.2, -0.15) is 0 Å². The van der Waals surface area contributed by atoms with E-state index in [9.17, 15) is 0 Å². The number of halogens is 1. The molecule has 4 rings (SSSR count). The molecule has 4 aromatic rings. The second-order valence-electron chi connectivity index (χ2n) is 9.23. The van der Waals surface area contributed by atoms with E-state index in [1.165, 1.54) is 47.9 Å². The van der Waals surface area contributed by atoms with Crippen LogP contribution in [0.25, 0.3) is 10.8 Å². The van der Waals surface area contributed by atoms with E-state index < -0.39 is 0 Å². The lowest BCUT2D eigenvalue weighted by atomic mass is 9.99. The maximum atomic E-state index is 15.2. The van der Waals surface area contributed by atoms with Gasteiger partial charge in [0, 0.05) is 10.9 Å². The summed E-state index contributed by atoms with van der Waals surface area (Å²) in [6.07, 6.45) is 8.11. The van der Waals surface area contributed by atoms with Crippen LogP contribution in [0, 0.1) is 24.6 Å². The van der Waals surface area contributed by atoms with Gasteiger partial charge >= 0.3 is 0 Å². The van der Waals surface area contributed by atoms with E-state index in [2.05, 4.69) is 68.2 Å². The molecule has 0 nitrogen and oxygen atoms in total. The van der Waals surface area contributed by atoms with Crippen molar-refractivity contribution in [2.24, 2.45) is 0 Å². The van der Waals surface area contributed by atoms with Crippen molar-refractivity contribution < 1.29 is 4.39 Å². The van der Waals surface area contributed by atoms with Gasteiger partial charge in [-0.05, 0) is 72.9 Å². The van der Waals surface area contributed by atoms with Crippen LogP contribution in [0.4, 0.5) is 4.39 Å². The fourth-order valence-electron chi connectivity index (χ4n) is 4.29. The van der Waals surface area contributed by atoms with Crippen molar-refractivity contribution in [1.82, 2.24) is 0 Å². The molecule has 1 heteroatoms. The first-order chi connectivity index (χ1) is 16.6.